The summed E-state index contributed by atoms with van der Waals surface area (Å²) in [5.74, 6) is 0.610. The summed E-state index contributed by atoms with van der Waals surface area (Å²) in [6, 6.07) is 6.14. The minimum absolute atomic E-state index is 0.610. The summed E-state index contributed by atoms with van der Waals surface area (Å²) < 4.78 is 1.06. The van der Waals surface area contributed by atoms with Crippen molar-refractivity contribution in [2.24, 2.45) is 0 Å². The Morgan fingerprint density at radius 3 is 2.64 bits per heavy atom. The zero-order valence-corrected chi connectivity index (χ0v) is 9.72. The normalized spacial score (nSPS) is 10.8. The Balaban J connectivity index is 2.94. The van der Waals surface area contributed by atoms with Gasteiger partial charge in [0.1, 0.15) is 5.82 Å². The molecular weight excluding hydrogens is 240 g/mol. The Kier molecular flexibility index (Phi) is 2.19. The van der Waals surface area contributed by atoms with Crippen LogP contribution < -0.4 is 5.73 Å². The highest BCUT2D eigenvalue weighted by molar-refractivity contribution is 9.10. The fraction of sp³-hybridized carbons (Fsp3) is 0.182. The van der Waals surface area contributed by atoms with Gasteiger partial charge in [0.25, 0.3) is 0 Å². The van der Waals surface area contributed by atoms with Crippen LogP contribution in [0.3, 0.4) is 0 Å². The Hall–Kier alpha value is -1.09. The average molecular weight is 251 g/mol. The van der Waals surface area contributed by atoms with E-state index in [4.69, 9.17) is 5.73 Å². The second-order valence-electron chi connectivity index (χ2n) is 3.45. The number of nitrogen functional groups attached to an aromatic ring is 1. The SMILES string of the molecule is Cc1cc2c(Br)ccc(C)c2nc1N. The number of nitrogens with two attached hydrogens (primary N) is 1. The lowest BCUT2D eigenvalue weighted by molar-refractivity contribution is 1.31. The molecule has 0 saturated heterocycles. The third-order valence-corrected chi connectivity index (χ3v) is 3.05. The van der Waals surface area contributed by atoms with Crippen LogP contribution in [0.4, 0.5) is 5.82 Å². The van der Waals surface area contributed by atoms with Crippen LogP contribution in [0.1, 0.15) is 11.1 Å². The predicted molar refractivity (Wildman–Crippen MR) is 63.3 cm³/mol. The van der Waals surface area contributed by atoms with E-state index in [2.05, 4.69) is 27.0 Å². The Bertz CT molecular complexity index is 460. The van der Waals surface area contributed by atoms with E-state index in [1.54, 1.807) is 0 Å². The van der Waals surface area contributed by atoms with Gasteiger partial charge in [-0.05, 0) is 37.1 Å². The highest BCUT2D eigenvalue weighted by Crippen LogP contribution is 2.27. The molecule has 0 atom stereocenters. The first-order valence-electron chi connectivity index (χ1n) is 4.41. The number of hydrogen-bond acceptors (Lipinski definition) is 2. The van der Waals surface area contributed by atoms with Crippen LogP contribution in [-0.4, -0.2) is 4.98 Å². The molecule has 2 aromatic rings. The second-order valence-corrected chi connectivity index (χ2v) is 4.31. The minimum atomic E-state index is 0.610. The molecule has 1 heterocycles. The van der Waals surface area contributed by atoms with Gasteiger partial charge in [-0.2, -0.15) is 0 Å². The first-order valence-corrected chi connectivity index (χ1v) is 5.21. The number of aromatic nitrogens is 1. The van der Waals surface area contributed by atoms with E-state index in [0.717, 1.165) is 26.5 Å². The van der Waals surface area contributed by atoms with E-state index in [-0.39, 0.29) is 0 Å². The van der Waals surface area contributed by atoms with Gasteiger partial charge in [-0.1, -0.05) is 22.0 Å². The molecule has 0 radical (unpaired) electrons. The summed E-state index contributed by atoms with van der Waals surface area (Å²) >= 11 is 3.51. The lowest BCUT2D eigenvalue weighted by Gasteiger charge is -2.06. The molecule has 14 heavy (non-hydrogen) atoms. The fourth-order valence-corrected chi connectivity index (χ4v) is 1.91. The lowest BCUT2D eigenvalue weighted by Crippen LogP contribution is -1.95. The van der Waals surface area contributed by atoms with Crippen molar-refractivity contribution in [3.8, 4) is 0 Å². The summed E-state index contributed by atoms with van der Waals surface area (Å²) in [6.07, 6.45) is 0. The van der Waals surface area contributed by atoms with Crippen molar-refractivity contribution in [2.75, 3.05) is 5.73 Å². The van der Waals surface area contributed by atoms with E-state index in [0.29, 0.717) is 5.82 Å². The number of anilines is 1. The number of aryl methyl sites for hydroxylation is 2. The summed E-state index contributed by atoms with van der Waals surface area (Å²) in [6.45, 7) is 4.01. The molecule has 0 bridgehead atoms. The number of nitrogens with zero attached hydrogens (tertiary/aromatic N) is 1. The van der Waals surface area contributed by atoms with Gasteiger partial charge >= 0.3 is 0 Å². The average Bonchev–Trinajstić information content (AvgIpc) is 2.15. The summed E-state index contributed by atoms with van der Waals surface area (Å²) in [7, 11) is 0. The Morgan fingerprint density at radius 1 is 1.21 bits per heavy atom. The van der Waals surface area contributed by atoms with Gasteiger partial charge in [0, 0.05) is 9.86 Å². The summed E-state index contributed by atoms with van der Waals surface area (Å²) in [5, 5.41) is 1.12. The third kappa shape index (κ3) is 1.38. The molecule has 2 nitrogen and oxygen atoms in total. The second kappa shape index (κ2) is 3.24. The summed E-state index contributed by atoms with van der Waals surface area (Å²) in [4.78, 5) is 4.38. The molecule has 0 amide bonds. The van der Waals surface area contributed by atoms with Gasteiger partial charge in [-0.25, -0.2) is 4.98 Å². The van der Waals surface area contributed by atoms with Crippen molar-refractivity contribution in [3.05, 3.63) is 33.8 Å². The van der Waals surface area contributed by atoms with E-state index in [1.807, 2.05) is 26.0 Å². The first kappa shape index (κ1) is 9.46. The van der Waals surface area contributed by atoms with Gasteiger partial charge in [-0.15, -0.1) is 0 Å². The molecule has 1 aromatic carbocycles. The molecule has 72 valence electrons. The number of rotatable bonds is 0. The third-order valence-electron chi connectivity index (χ3n) is 2.36. The molecule has 0 unspecified atom stereocenters. The van der Waals surface area contributed by atoms with Crippen LogP contribution in [0.15, 0.2) is 22.7 Å². The maximum atomic E-state index is 5.78. The maximum Gasteiger partial charge on any atom is 0.127 e. The van der Waals surface area contributed by atoms with Crippen LogP contribution >= 0.6 is 15.9 Å². The van der Waals surface area contributed by atoms with Crippen molar-refractivity contribution in [3.63, 3.8) is 0 Å². The first-order chi connectivity index (χ1) is 6.59. The van der Waals surface area contributed by atoms with E-state index < -0.39 is 0 Å². The van der Waals surface area contributed by atoms with E-state index in [1.165, 1.54) is 0 Å². The van der Waals surface area contributed by atoms with Crippen LogP contribution in [0.25, 0.3) is 10.9 Å². The molecule has 0 aliphatic carbocycles. The molecule has 1 aromatic heterocycles. The topological polar surface area (TPSA) is 38.9 Å². The van der Waals surface area contributed by atoms with Crippen molar-refractivity contribution >= 4 is 32.7 Å². The molecule has 0 saturated carbocycles. The van der Waals surface area contributed by atoms with Gasteiger partial charge < -0.3 is 5.73 Å². The fourth-order valence-electron chi connectivity index (χ4n) is 1.48. The number of hydrogen-bond donors (Lipinski definition) is 1. The zero-order valence-electron chi connectivity index (χ0n) is 8.13. The van der Waals surface area contributed by atoms with Gasteiger partial charge in [-0.3, -0.25) is 0 Å². The molecule has 0 aliphatic heterocycles. The molecule has 0 fully saturated rings. The standard InChI is InChI=1S/C11H11BrN2/c1-6-3-4-9(12)8-5-7(2)11(13)14-10(6)8/h3-5H,1-2H3,(H2,13,14). The van der Waals surface area contributed by atoms with Gasteiger partial charge in [0.2, 0.25) is 0 Å². The smallest absolute Gasteiger partial charge is 0.127 e. The zero-order chi connectivity index (χ0) is 10.3. The van der Waals surface area contributed by atoms with Crippen LogP contribution in [0.2, 0.25) is 0 Å². The monoisotopic (exact) mass is 250 g/mol. The quantitative estimate of drug-likeness (QED) is 0.780. The highest BCUT2D eigenvalue weighted by atomic mass is 79.9. The van der Waals surface area contributed by atoms with Crippen LogP contribution in [0, 0.1) is 13.8 Å². The summed E-state index contributed by atoms with van der Waals surface area (Å²) in [5.41, 5.74) is 8.92. The van der Waals surface area contributed by atoms with Gasteiger partial charge in [0.15, 0.2) is 0 Å². The van der Waals surface area contributed by atoms with Gasteiger partial charge in [0.05, 0.1) is 5.52 Å². The number of benzene rings is 1. The number of halogens is 1. The molecular formula is C11H11BrN2. The van der Waals surface area contributed by atoms with Crippen LogP contribution in [-0.2, 0) is 0 Å². The van der Waals surface area contributed by atoms with E-state index >= 15 is 0 Å². The largest absolute Gasteiger partial charge is 0.383 e. The molecule has 2 rings (SSSR count). The molecule has 3 heteroatoms. The minimum Gasteiger partial charge on any atom is -0.383 e. The number of fused-ring (bicyclic) bond motifs is 1. The maximum absolute atomic E-state index is 5.78. The van der Waals surface area contributed by atoms with E-state index in [9.17, 15) is 0 Å². The predicted octanol–water partition coefficient (Wildman–Crippen LogP) is 3.20. The molecule has 0 aliphatic rings. The Morgan fingerprint density at radius 2 is 1.93 bits per heavy atom. The lowest BCUT2D eigenvalue weighted by atomic mass is 10.1. The van der Waals surface area contributed by atoms with Crippen molar-refractivity contribution in [1.29, 1.82) is 0 Å². The molecule has 0 spiro atoms. The highest BCUT2D eigenvalue weighted by Gasteiger charge is 2.05. The molecule has 2 N–H and O–H groups in total. The van der Waals surface area contributed by atoms with Crippen molar-refractivity contribution < 1.29 is 0 Å². The van der Waals surface area contributed by atoms with Crippen molar-refractivity contribution in [1.82, 2.24) is 4.98 Å². The Labute approximate surface area is 91.3 Å². The number of pyridine rings is 1. The van der Waals surface area contributed by atoms with Crippen LogP contribution in [0.5, 0.6) is 0 Å². The van der Waals surface area contributed by atoms with Crippen molar-refractivity contribution in [2.45, 2.75) is 13.8 Å².